The number of para-hydroxylation sites is 2. The van der Waals surface area contributed by atoms with Crippen LogP contribution in [0.3, 0.4) is 0 Å². The monoisotopic (exact) mass is 319 g/mol. The van der Waals surface area contributed by atoms with Gasteiger partial charge < -0.3 is 15.0 Å². The number of carboxylic acid groups (broad SMARTS) is 1. The first-order valence-corrected chi connectivity index (χ1v) is 7.98. The Bertz CT molecular complexity index is 720. The number of hydrogen-bond acceptors (Lipinski definition) is 3. The van der Waals surface area contributed by atoms with Crippen LogP contribution in [-0.4, -0.2) is 32.8 Å². The molecule has 0 amide bonds. The van der Waals surface area contributed by atoms with Gasteiger partial charge in [0.15, 0.2) is 0 Å². The number of aliphatic carboxylic acids is 1. The van der Waals surface area contributed by atoms with E-state index in [1.807, 2.05) is 24.3 Å². The summed E-state index contributed by atoms with van der Waals surface area (Å²) in [5.74, 6) is -0.569. The van der Waals surface area contributed by atoms with E-state index < -0.39 is 17.6 Å². The lowest BCUT2D eigenvalue weighted by molar-refractivity contribution is -0.151. The Balaban J connectivity index is 1.66. The van der Waals surface area contributed by atoms with Crippen molar-refractivity contribution in [1.82, 2.24) is 14.9 Å². The highest BCUT2D eigenvalue weighted by Gasteiger charge is 2.47. The molecule has 1 saturated carbocycles. The second-order valence-corrected chi connectivity index (χ2v) is 6.68. The minimum atomic E-state index is -1.41. The largest absolute Gasteiger partial charge is 0.481 e. The van der Waals surface area contributed by atoms with E-state index in [1.54, 1.807) is 0 Å². The molecule has 5 nitrogen and oxygen atoms in total. The Morgan fingerprint density at radius 1 is 1.48 bits per heavy atom. The lowest BCUT2D eigenvalue weighted by Crippen LogP contribution is -2.50. The molecule has 1 aromatic carbocycles. The van der Waals surface area contributed by atoms with Crippen molar-refractivity contribution in [3.63, 3.8) is 0 Å². The summed E-state index contributed by atoms with van der Waals surface area (Å²) in [6.07, 6.45) is 0.186. The molecule has 0 spiro atoms. The topological polar surface area (TPSA) is 67.2 Å². The van der Waals surface area contributed by atoms with E-state index in [2.05, 4.69) is 28.7 Å². The van der Waals surface area contributed by atoms with Gasteiger partial charge in [0.1, 0.15) is 11.5 Å². The number of carbonyl (C=O) groups is 1. The van der Waals surface area contributed by atoms with Gasteiger partial charge in [0.2, 0.25) is 0 Å². The Morgan fingerprint density at radius 2 is 2.17 bits per heavy atom. The number of nitrogens with one attached hydrogen (secondary N) is 1. The van der Waals surface area contributed by atoms with E-state index >= 15 is 0 Å². The fourth-order valence-corrected chi connectivity index (χ4v) is 3.34. The fraction of sp³-hybridized carbons (Fsp3) is 0.529. The first kappa shape index (κ1) is 15.9. The number of imidazole rings is 1. The molecule has 6 heteroatoms. The molecule has 2 aromatic rings. The molecular formula is C17H22FN3O2. The maximum atomic E-state index is 14.3. The number of carboxylic acids is 1. The highest BCUT2D eigenvalue weighted by molar-refractivity contribution is 5.76. The standard InChI is InChI=1S/C17H22FN3O2/c1-11(2)21-14-6-4-3-5-13(14)20-15(21)9-19-10-17(18)7-12(8-17)16(22)23/h3-6,11-12,19H,7-10H2,1-2H3,(H,22,23). The van der Waals surface area contributed by atoms with Crippen molar-refractivity contribution in [1.29, 1.82) is 0 Å². The van der Waals surface area contributed by atoms with Crippen LogP contribution in [0.2, 0.25) is 0 Å². The van der Waals surface area contributed by atoms with Crippen LogP contribution >= 0.6 is 0 Å². The van der Waals surface area contributed by atoms with Crippen molar-refractivity contribution < 1.29 is 14.3 Å². The first-order chi connectivity index (χ1) is 10.9. The number of hydrogen-bond donors (Lipinski definition) is 2. The van der Waals surface area contributed by atoms with Crippen LogP contribution in [0.1, 0.15) is 38.6 Å². The molecule has 0 saturated heterocycles. The lowest BCUT2D eigenvalue weighted by Gasteiger charge is -2.39. The summed E-state index contributed by atoms with van der Waals surface area (Å²) in [4.78, 5) is 15.4. The lowest BCUT2D eigenvalue weighted by atomic mass is 9.72. The molecular weight excluding hydrogens is 297 g/mol. The Kier molecular flexibility index (Phi) is 4.10. The molecule has 1 fully saturated rings. The molecule has 2 N–H and O–H groups in total. The van der Waals surface area contributed by atoms with Crippen molar-refractivity contribution in [3.8, 4) is 0 Å². The predicted molar refractivity (Wildman–Crippen MR) is 86.0 cm³/mol. The Morgan fingerprint density at radius 3 is 2.83 bits per heavy atom. The van der Waals surface area contributed by atoms with E-state index in [-0.39, 0.29) is 25.4 Å². The summed E-state index contributed by atoms with van der Waals surface area (Å²) in [6.45, 7) is 4.82. The van der Waals surface area contributed by atoms with Crippen molar-refractivity contribution in [2.75, 3.05) is 6.54 Å². The Hall–Kier alpha value is -1.95. The number of alkyl halides is 1. The number of rotatable bonds is 6. The highest BCUT2D eigenvalue weighted by Crippen LogP contribution is 2.40. The summed E-state index contributed by atoms with van der Waals surface area (Å²) < 4.78 is 16.5. The van der Waals surface area contributed by atoms with Gasteiger partial charge in [-0.2, -0.15) is 0 Å². The van der Waals surface area contributed by atoms with Gasteiger partial charge in [-0.05, 0) is 38.8 Å². The average molecular weight is 319 g/mol. The molecule has 1 aromatic heterocycles. The van der Waals surface area contributed by atoms with Gasteiger partial charge in [-0.1, -0.05) is 12.1 Å². The maximum Gasteiger partial charge on any atom is 0.306 e. The molecule has 0 radical (unpaired) electrons. The van der Waals surface area contributed by atoms with Gasteiger partial charge in [-0.3, -0.25) is 4.79 Å². The van der Waals surface area contributed by atoms with E-state index in [1.165, 1.54) is 0 Å². The van der Waals surface area contributed by atoms with Crippen LogP contribution in [-0.2, 0) is 11.3 Å². The quantitative estimate of drug-likeness (QED) is 0.859. The van der Waals surface area contributed by atoms with Gasteiger partial charge in [0, 0.05) is 12.6 Å². The normalized spacial score (nSPS) is 24.1. The SMILES string of the molecule is CC(C)n1c(CNCC2(F)CC(C(=O)O)C2)nc2ccccc21. The number of aromatic nitrogens is 2. The molecule has 0 unspecified atom stereocenters. The summed E-state index contributed by atoms with van der Waals surface area (Å²) in [6, 6.07) is 8.20. The molecule has 1 heterocycles. The number of nitrogens with zero attached hydrogens (tertiary/aromatic N) is 2. The van der Waals surface area contributed by atoms with Crippen molar-refractivity contribution in [2.24, 2.45) is 5.92 Å². The van der Waals surface area contributed by atoms with E-state index in [4.69, 9.17) is 5.11 Å². The number of fused-ring (bicyclic) bond motifs is 1. The molecule has 124 valence electrons. The third kappa shape index (κ3) is 3.08. The Labute approximate surface area is 134 Å². The van der Waals surface area contributed by atoms with Crippen LogP contribution < -0.4 is 5.32 Å². The van der Waals surface area contributed by atoms with Crippen LogP contribution in [0.15, 0.2) is 24.3 Å². The minimum Gasteiger partial charge on any atom is -0.481 e. The summed E-state index contributed by atoms with van der Waals surface area (Å²) in [7, 11) is 0. The zero-order valence-corrected chi connectivity index (χ0v) is 13.4. The van der Waals surface area contributed by atoms with Gasteiger partial charge >= 0.3 is 5.97 Å². The fourth-order valence-electron chi connectivity index (χ4n) is 3.34. The van der Waals surface area contributed by atoms with Crippen LogP contribution in [0, 0.1) is 5.92 Å². The van der Waals surface area contributed by atoms with Crippen LogP contribution in [0.4, 0.5) is 4.39 Å². The van der Waals surface area contributed by atoms with Gasteiger partial charge in [0.05, 0.1) is 23.5 Å². The number of halogens is 1. The molecule has 1 aliphatic rings. The second kappa shape index (κ2) is 5.92. The van der Waals surface area contributed by atoms with Gasteiger partial charge in [0.25, 0.3) is 0 Å². The van der Waals surface area contributed by atoms with Crippen LogP contribution in [0.5, 0.6) is 0 Å². The van der Waals surface area contributed by atoms with E-state index in [0.717, 1.165) is 16.9 Å². The summed E-state index contributed by atoms with van der Waals surface area (Å²) in [5, 5.41) is 12.0. The van der Waals surface area contributed by atoms with Gasteiger partial charge in [-0.25, -0.2) is 9.37 Å². The molecule has 1 aliphatic carbocycles. The van der Waals surface area contributed by atoms with E-state index in [9.17, 15) is 9.18 Å². The van der Waals surface area contributed by atoms with Gasteiger partial charge in [-0.15, -0.1) is 0 Å². The zero-order valence-electron chi connectivity index (χ0n) is 13.4. The van der Waals surface area contributed by atoms with Crippen molar-refractivity contribution in [3.05, 3.63) is 30.1 Å². The molecule has 23 heavy (non-hydrogen) atoms. The number of benzene rings is 1. The summed E-state index contributed by atoms with van der Waals surface area (Å²) >= 11 is 0. The summed E-state index contributed by atoms with van der Waals surface area (Å²) in [5.41, 5.74) is 0.601. The third-order valence-corrected chi connectivity index (χ3v) is 4.48. The minimum absolute atomic E-state index is 0.0932. The first-order valence-electron chi connectivity index (χ1n) is 7.98. The predicted octanol–water partition coefficient (Wildman–Crippen LogP) is 2.91. The van der Waals surface area contributed by atoms with Crippen molar-refractivity contribution >= 4 is 17.0 Å². The zero-order chi connectivity index (χ0) is 16.6. The third-order valence-electron chi connectivity index (χ3n) is 4.48. The maximum absolute atomic E-state index is 14.3. The smallest absolute Gasteiger partial charge is 0.306 e. The van der Waals surface area contributed by atoms with Crippen molar-refractivity contribution in [2.45, 2.75) is 44.9 Å². The average Bonchev–Trinajstić information content (AvgIpc) is 2.82. The molecule has 3 rings (SSSR count). The van der Waals surface area contributed by atoms with E-state index in [0.29, 0.717) is 6.54 Å². The molecule has 0 aliphatic heterocycles. The van der Waals surface area contributed by atoms with Crippen LogP contribution in [0.25, 0.3) is 11.0 Å². The molecule has 0 atom stereocenters. The molecule has 0 bridgehead atoms. The highest BCUT2D eigenvalue weighted by atomic mass is 19.1. The second-order valence-electron chi connectivity index (χ2n) is 6.68.